The topological polar surface area (TPSA) is 50.4 Å². The van der Waals surface area contributed by atoms with Crippen LogP contribution in [0.25, 0.3) is 10.4 Å². The second-order valence-electron chi connectivity index (χ2n) is 2.61. The fraction of sp³-hybridized carbons (Fsp3) is 0. The maximum atomic E-state index is 10.9. The van der Waals surface area contributed by atoms with Crippen molar-refractivity contribution in [3.8, 4) is 10.4 Å². The van der Waals surface area contributed by atoms with Gasteiger partial charge in [-0.15, -0.1) is 11.3 Å². The first-order valence-corrected chi connectivity index (χ1v) is 5.34. The molecule has 0 aromatic carbocycles. The van der Waals surface area contributed by atoms with Gasteiger partial charge in [-0.3, -0.25) is 0 Å². The molecule has 3 nitrogen and oxygen atoms in total. The highest BCUT2D eigenvalue weighted by Crippen LogP contribution is 2.35. The zero-order valence-corrected chi connectivity index (χ0v) is 9.26. The number of hydrogen-bond donors (Lipinski definition) is 1. The Morgan fingerprint density at radius 1 is 1.57 bits per heavy atom. The zero-order chi connectivity index (χ0) is 10.1. The Labute approximate surface area is 92.1 Å². The second kappa shape index (κ2) is 3.59. The first-order valence-electron chi connectivity index (χ1n) is 3.73. The number of furan rings is 1. The fourth-order valence-electron chi connectivity index (χ4n) is 1.13. The summed E-state index contributed by atoms with van der Waals surface area (Å²) in [6.07, 6.45) is 3.05. The van der Waals surface area contributed by atoms with Crippen LogP contribution in [-0.2, 0) is 0 Å². The van der Waals surface area contributed by atoms with Gasteiger partial charge in [0.05, 0.1) is 26.8 Å². The van der Waals surface area contributed by atoms with Crippen molar-refractivity contribution in [2.24, 2.45) is 0 Å². The molecule has 72 valence electrons. The minimum absolute atomic E-state index is 0.295. The number of carboxylic acids is 1. The van der Waals surface area contributed by atoms with Crippen LogP contribution in [0.5, 0.6) is 0 Å². The van der Waals surface area contributed by atoms with E-state index < -0.39 is 5.97 Å². The fourth-order valence-corrected chi connectivity index (χ4v) is 2.70. The van der Waals surface area contributed by atoms with Crippen LogP contribution in [0, 0.1) is 0 Å². The molecule has 2 rings (SSSR count). The monoisotopic (exact) mass is 272 g/mol. The quantitative estimate of drug-likeness (QED) is 0.911. The van der Waals surface area contributed by atoms with Gasteiger partial charge in [0.2, 0.25) is 0 Å². The van der Waals surface area contributed by atoms with Crippen molar-refractivity contribution in [1.82, 2.24) is 0 Å². The first-order chi connectivity index (χ1) is 6.68. The Bertz CT molecular complexity index is 458. The maximum Gasteiger partial charge on any atom is 0.337 e. The number of rotatable bonds is 2. The Balaban J connectivity index is 2.58. The number of carbonyl (C=O) groups is 1. The third-order valence-corrected chi connectivity index (χ3v) is 3.40. The molecular formula is C9H5BrO3S. The van der Waals surface area contributed by atoms with Crippen molar-refractivity contribution in [1.29, 1.82) is 0 Å². The molecule has 0 radical (unpaired) electrons. The van der Waals surface area contributed by atoms with Crippen LogP contribution in [0.15, 0.2) is 32.9 Å². The summed E-state index contributed by atoms with van der Waals surface area (Å²) in [4.78, 5) is 11.6. The van der Waals surface area contributed by atoms with Crippen molar-refractivity contribution in [3.05, 3.63) is 34.0 Å². The summed E-state index contributed by atoms with van der Waals surface area (Å²) in [6.45, 7) is 0. The molecular weight excluding hydrogens is 268 g/mol. The summed E-state index contributed by atoms with van der Waals surface area (Å²) in [5.41, 5.74) is 1.08. The average Bonchev–Trinajstić information content (AvgIpc) is 2.70. The van der Waals surface area contributed by atoms with Gasteiger partial charge in [0, 0.05) is 5.56 Å². The standard InChI is InChI=1S/C9H5BrO3S/c10-7-3-6(9(11)12)8(14-7)5-1-2-13-4-5/h1-4H,(H,11,12). The molecule has 5 heteroatoms. The van der Waals surface area contributed by atoms with Gasteiger partial charge in [0.25, 0.3) is 0 Å². The van der Waals surface area contributed by atoms with Crippen molar-refractivity contribution in [2.75, 3.05) is 0 Å². The molecule has 0 aliphatic rings. The van der Waals surface area contributed by atoms with Crippen LogP contribution in [0.1, 0.15) is 10.4 Å². The van der Waals surface area contributed by atoms with E-state index in [4.69, 9.17) is 9.52 Å². The number of aromatic carboxylic acids is 1. The van der Waals surface area contributed by atoms with Gasteiger partial charge in [0.15, 0.2) is 0 Å². The smallest absolute Gasteiger partial charge is 0.337 e. The minimum Gasteiger partial charge on any atom is -0.478 e. The number of carboxylic acid groups (broad SMARTS) is 1. The molecule has 0 saturated heterocycles. The van der Waals surface area contributed by atoms with Gasteiger partial charge in [-0.1, -0.05) is 0 Å². The number of halogens is 1. The largest absolute Gasteiger partial charge is 0.478 e. The SMILES string of the molecule is O=C(O)c1cc(Br)sc1-c1ccoc1. The normalized spacial score (nSPS) is 10.4. The average molecular weight is 273 g/mol. The number of thiophene rings is 1. The van der Waals surface area contributed by atoms with E-state index in [1.165, 1.54) is 23.9 Å². The van der Waals surface area contributed by atoms with Gasteiger partial charge >= 0.3 is 5.97 Å². The Hall–Kier alpha value is -1.07. The summed E-state index contributed by atoms with van der Waals surface area (Å²) in [6, 6.07) is 3.33. The van der Waals surface area contributed by atoms with Crippen molar-refractivity contribution < 1.29 is 14.3 Å². The van der Waals surface area contributed by atoms with Crippen LogP contribution in [0.3, 0.4) is 0 Å². The van der Waals surface area contributed by atoms with Crippen LogP contribution in [0.2, 0.25) is 0 Å². The molecule has 0 aliphatic heterocycles. The van der Waals surface area contributed by atoms with E-state index in [9.17, 15) is 4.79 Å². The zero-order valence-electron chi connectivity index (χ0n) is 6.86. The van der Waals surface area contributed by atoms with Crippen LogP contribution >= 0.6 is 27.3 Å². The van der Waals surface area contributed by atoms with Crippen molar-refractivity contribution >= 4 is 33.2 Å². The lowest BCUT2D eigenvalue weighted by Crippen LogP contribution is -1.94. The van der Waals surface area contributed by atoms with E-state index in [0.29, 0.717) is 10.4 Å². The molecule has 0 spiro atoms. The predicted octanol–water partition coefficient (Wildman–Crippen LogP) is 3.47. The summed E-state index contributed by atoms with van der Waals surface area (Å²) >= 11 is 4.64. The first kappa shape index (κ1) is 9.48. The third-order valence-electron chi connectivity index (χ3n) is 1.72. The molecule has 0 bridgehead atoms. The van der Waals surface area contributed by atoms with E-state index in [-0.39, 0.29) is 0 Å². The summed E-state index contributed by atoms with van der Waals surface area (Å²) in [7, 11) is 0. The van der Waals surface area contributed by atoms with E-state index >= 15 is 0 Å². The van der Waals surface area contributed by atoms with Crippen LogP contribution in [0.4, 0.5) is 0 Å². The van der Waals surface area contributed by atoms with Crippen molar-refractivity contribution in [3.63, 3.8) is 0 Å². The third kappa shape index (κ3) is 1.60. The molecule has 0 atom stereocenters. The number of hydrogen-bond acceptors (Lipinski definition) is 3. The molecule has 0 saturated carbocycles. The van der Waals surface area contributed by atoms with Gasteiger partial charge in [-0.05, 0) is 28.1 Å². The molecule has 2 aromatic heterocycles. The minimum atomic E-state index is -0.928. The van der Waals surface area contributed by atoms with Crippen molar-refractivity contribution in [2.45, 2.75) is 0 Å². The second-order valence-corrected chi connectivity index (χ2v) is 5.04. The molecule has 2 heterocycles. The van der Waals surface area contributed by atoms with Gasteiger partial charge in [-0.25, -0.2) is 4.79 Å². The van der Waals surface area contributed by atoms with Crippen LogP contribution in [-0.4, -0.2) is 11.1 Å². The lowest BCUT2D eigenvalue weighted by molar-refractivity contribution is 0.0698. The molecule has 1 N–H and O–H groups in total. The van der Waals surface area contributed by atoms with E-state index in [0.717, 1.165) is 9.35 Å². The molecule has 0 amide bonds. The Morgan fingerprint density at radius 3 is 2.93 bits per heavy atom. The highest BCUT2D eigenvalue weighted by Gasteiger charge is 2.16. The summed E-state index contributed by atoms with van der Waals surface area (Å²) in [5, 5.41) is 8.93. The molecule has 0 aliphatic carbocycles. The molecule has 0 fully saturated rings. The highest BCUT2D eigenvalue weighted by molar-refractivity contribution is 9.11. The molecule has 0 unspecified atom stereocenters. The lowest BCUT2D eigenvalue weighted by Gasteiger charge is -1.93. The molecule has 2 aromatic rings. The van der Waals surface area contributed by atoms with Crippen LogP contribution < -0.4 is 0 Å². The van der Waals surface area contributed by atoms with E-state index in [2.05, 4.69) is 15.9 Å². The van der Waals surface area contributed by atoms with Gasteiger partial charge in [-0.2, -0.15) is 0 Å². The summed E-state index contributed by atoms with van der Waals surface area (Å²) in [5.74, 6) is -0.928. The highest BCUT2D eigenvalue weighted by atomic mass is 79.9. The molecule has 14 heavy (non-hydrogen) atoms. The van der Waals surface area contributed by atoms with E-state index in [1.807, 2.05) is 0 Å². The summed E-state index contributed by atoms with van der Waals surface area (Å²) < 4.78 is 5.71. The lowest BCUT2D eigenvalue weighted by atomic mass is 10.2. The Morgan fingerprint density at radius 2 is 2.36 bits per heavy atom. The Kier molecular flexibility index (Phi) is 2.43. The van der Waals surface area contributed by atoms with E-state index in [1.54, 1.807) is 12.1 Å². The van der Waals surface area contributed by atoms with Gasteiger partial charge < -0.3 is 9.52 Å². The predicted molar refractivity (Wildman–Crippen MR) is 56.7 cm³/mol. The maximum absolute atomic E-state index is 10.9. The van der Waals surface area contributed by atoms with Gasteiger partial charge in [0.1, 0.15) is 0 Å².